The lowest BCUT2D eigenvalue weighted by Gasteiger charge is -2.36. The standard InChI is InChI=1S/C20H22ClFN6O2/c1-12(10-29)9-28-2-3-30-11-14(28)6-24-20-17(22)8-26-19(27-20)16-7-25-18-15(16)4-13(21)5-23-18/h4-5,7-8,10,12,14H,2-3,6,9,11H2,1H3,(H,23,25)(H,24,26,27). The van der Waals surface area contributed by atoms with Crippen molar-refractivity contribution in [2.24, 2.45) is 5.92 Å². The molecule has 3 aromatic rings. The van der Waals surface area contributed by atoms with Crippen LogP contribution in [0.1, 0.15) is 6.92 Å². The maximum atomic E-state index is 14.4. The highest BCUT2D eigenvalue weighted by Crippen LogP contribution is 2.28. The van der Waals surface area contributed by atoms with E-state index in [1.54, 1.807) is 18.5 Å². The number of nitrogens with zero attached hydrogens (tertiary/aromatic N) is 4. The van der Waals surface area contributed by atoms with Gasteiger partial charge in [0.25, 0.3) is 0 Å². The number of anilines is 1. The number of H-pyrrole nitrogens is 1. The molecule has 0 amide bonds. The third-order valence-corrected chi connectivity index (χ3v) is 5.30. The first kappa shape index (κ1) is 20.6. The molecule has 8 nitrogen and oxygen atoms in total. The van der Waals surface area contributed by atoms with Crippen molar-refractivity contribution in [1.82, 2.24) is 24.8 Å². The molecular formula is C20H22ClFN6O2. The molecule has 3 aromatic heterocycles. The molecule has 2 unspecified atom stereocenters. The molecule has 2 N–H and O–H groups in total. The largest absolute Gasteiger partial charge is 0.378 e. The predicted molar refractivity (Wildman–Crippen MR) is 112 cm³/mol. The van der Waals surface area contributed by atoms with E-state index in [4.69, 9.17) is 16.3 Å². The van der Waals surface area contributed by atoms with E-state index >= 15 is 0 Å². The highest BCUT2D eigenvalue weighted by molar-refractivity contribution is 6.31. The smallest absolute Gasteiger partial charge is 0.183 e. The summed E-state index contributed by atoms with van der Waals surface area (Å²) in [7, 11) is 0. The van der Waals surface area contributed by atoms with Gasteiger partial charge in [0.05, 0.1) is 30.5 Å². The fourth-order valence-electron chi connectivity index (χ4n) is 3.53. The zero-order chi connectivity index (χ0) is 21.1. The van der Waals surface area contributed by atoms with Crippen LogP contribution >= 0.6 is 11.6 Å². The number of pyridine rings is 1. The number of rotatable bonds is 7. The number of ether oxygens (including phenoxy) is 1. The lowest BCUT2D eigenvalue weighted by molar-refractivity contribution is -0.112. The van der Waals surface area contributed by atoms with Gasteiger partial charge in [0.2, 0.25) is 0 Å². The number of hydrogen-bond acceptors (Lipinski definition) is 7. The number of fused-ring (bicyclic) bond motifs is 1. The minimum atomic E-state index is -0.542. The minimum Gasteiger partial charge on any atom is -0.378 e. The summed E-state index contributed by atoms with van der Waals surface area (Å²) in [5, 5.41) is 4.33. The lowest BCUT2D eigenvalue weighted by atomic mass is 10.1. The molecule has 0 aliphatic carbocycles. The Bertz CT molecular complexity index is 1050. The van der Waals surface area contributed by atoms with Crippen molar-refractivity contribution >= 4 is 34.7 Å². The van der Waals surface area contributed by atoms with Crippen LogP contribution in [-0.2, 0) is 9.53 Å². The Morgan fingerprint density at radius 3 is 3.17 bits per heavy atom. The molecule has 1 saturated heterocycles. The summed E-state index contributed by atoms with van der Waals surface area (Å²) in [6.07, 6.45) is 5.36. The highest BCUT2D eigenvalue weighted by Gasteiger charge is 2.25. The van der Waals surface area contributed by atoms with Crippen molar-refractivity contribution in [3.8, 4) is 11.4 Å². The van der Waals surface area contributed by atoms with Gasteiger partial charge in [-0.05, 0) is 6.07 Å². The molecule has 30 heavy (non-hydrogen) atoms. The van der Waals surface area contributed by atoms with Gasteiger partial charge in [0, 0.05) is 48.9 Å². The van der Waals surface area contributed by atoms with E-state index in [9.17, 15) is 9.18 Å². The summed E-state index contributed by atoms with van der Waals surface area (Å²) in [6.45, 7) is 4.80. The van der Waals surface area contributed by atoms with Gasteiger partial charge in [0.1, 0.15) is 11.9 Å². The van der Waals surface area contributed by atoms with Crippen molar-refractivity contribution < 1.29 is 13.9 Å². The van der Waals surface area contributed by atoms with Gasteiger partial charge in [-0.1, -0.05) is 18.5 Å². The third-order valence-electron chi connectivity index (χ3n) is 5.09. The van der Waals surface area contributed by atoms with Crippen LogP contribution in [0.2, 0.25) is 5.02 Å². The van der Waals surface area contributed by atoms with Crippen LogP contribution in [0, 0.1) is 11.7 Å². The Balaban J connectivity index is 1.53. The molecule has 10 heteroatoms. The van der Waals surface area contributed by atoms with Gasteiger partial charge in [0.15, 0.2) is 17.5 Å². The molecule has 4 heterocycles. The van der Waals surface area contributed by atoms with Gasteiger partial charge in [-0.3, -0.25) is 4.90 Å². The fraction of sp³-hybridized carbons (Fsp3) is 0.400. The van der Waals surface area contributed by atoms with E-state index in [1.807, 2.05) is 6.92 Å². The number of halogens is 2. The average molecular weight is 433 g/mol. The van der Waals surface area contributed by atoms with Crippen molar-refractivity contribution in [2.75, 3.05) is 38.2 Å². The van der Waals surface area contributed by atoms with Gasteiger partial charge < -0.3 is 19.8 Å². The number of aromatic amines is 1. The fourth-order valence-corrected chi connectivity index (χ4v) is 3.69. The van der Waals surface area contributed by atoms with Crippen LogP contribution in [0.4, 0.5) is 10.2 Å². The maximum Gasteiger partial charge on any atom is 0.183 e. The van der Waals surface area contributed by atoms with Crippen molar-refractivity contribution in [3.05, 3.63) is 35.5 Å². The van der Waals surface area contributed by atoms with E-state index in [2.05, 4.69) is 30.2 Å². The van der Waals surface area contributed by atoms with Crippen molar-refractivity contribution in [3.63, 3.8) is 0 Å². The first-order chi connectivity index (χ1) is 14.5. The van der Waals surface area contributed by atoms with Crippen molar-refractivity contribution in [2.45, 2.75) is 13.0 Å². The van der Waals surface area contributed by atoms with Crippen LogP contribution in [0.25, 0.3) is 22.4 Å². The predicted octanol–water partition coefficient (Wildman–Crippen LogP) is 2.76. The SMILES string of the molecule is CC(C=O)CN1CCOCC1CNc1nc(-c2c[nH]c3ncc(Cl)cc23)ncc1F. The molecule has 0 bridgehead atoms. The van der Waals surface area contributed by atoms with E-state index in [0.29, 0.717) is 48.4 Å². The number of carbonyl (C=O) groups is 1. The monoisotopic (exact) mass is 432 g/mol. The van der Waals surface area contributed by atoms with E-state index in [1.165, 1.54) is 0 Å². The molecule has 1 fully saturated rings. The van der Waals surface area contributed by atoms with Crippen LogP contribution < -0.4 is 5.32 Å². The first-order valence-electron chi connectivity index (χ1n) is 9.71. The summed E-state index contributed by atoms with van der Waals surface area (Å²) in [5.41, 5.74) is 1.33. The molecular weight excluding hydrogens is 411 g/mol. The lowest BCUT2D eigenvalue weighted by Crippen LogP contribution is -2.50. The zero-order valence-electron chi connectivity index (χ0n) is 16.4. The number of aromatic nitrogens is 4. The van der Waals surface area contributed by atoms with Crippen LogP contribution in [-0.4, -0.2) is 70.0 Å². The summed E-state index contributed by atoms with van der Waals surface area (Å²) < 4.78 is 20.0. The Labute approximate surface area is 177 Å². The molecule has 4 rings (SSSR count). The number of carbonyl (C=O) groups excluding carboxylic acids is 1. The Morgan fingerprint density at radius 2 is 2.33 bits per heavy atom. The molecule has 2 atom stereocenters. The van der Waals surface area contributed by atoms with Crippen LogP contribution in [0.3, 0.4) is 0 Å². The number of morpholine rings is 1. The first-order valence-corrected chi connectivity index (χ1v) is 10.1. The van der Waals surface area contributed by atoms with E-state index in [0.717, 1.165) is 24.4 Å². The summed E-state index contributed by atoms with van der Waals surface area (Å²) in [4.78, 5) is 29.0. The Kier molecular flexibility index (Phi) is 6.21. The Morgan fingerprint density at radius 1 is 1.47 bits per heavy atom. The molecule has 0 aromatic carbocycles. The summed E-state index contributed by atoms with van der Waals surface area (Å²) in [5.74, 6) is -0.145. The van der Waals surface area contributed by atoms with Crippen LogP contribution in [0.15, 0.2) is 24.7 Å². The number of aldehydes is 1. The Hall–Kier alpha value is -2.62. The van der Waals surface area contributed by atoms with Gasteiger partial charge in [-0.25, -0.2) is 19.3 Å². The topological polar surface area (TPSA) is 96.0 Å². The molecule has 0 saturated carbocycles. The van der Waals surface area contributed by atoms with Gasteiger partial charge in [-0.2, -0.15) is 0 Å². The number of nitrogens with one attached hydrogen (secondary N) is 2. The summed E-state index contributed by atoms with van der Waals surface area (Å²) in [6, 6.07) is 1.77. The van der Waals surface area contributed by atoms with Crippen LogP contribution in [0.5, 0.6) is 0 Å². The van der Waals surface area contributed by atoms with Crippen molar-refractivity contribution in [1.29, 1.82) is 0 Å². The van der Waals surface area contributed by atoms with E-state index in [-0.39, 0.29) is 17.8 Å². The molecule has 0 radical (unpaired) electrons. The maximum absolute atomic E-state index is 14.4. The molecule has 1 aliphatic rings. The third kappa shape index (κ3) is 4.43. The number of hydrogen-bond donors (Lipinski definition) is 2. The molecule has 0 spiro atoms. The quantitative estimate of drug-likeness (QED) is 0.554. The summed E-state index contributed by atoms with van der Waals surface area (Å²) >= 11 is 6.06. The average Bonchev–Trinajstić information content (AvgIpc) is 3.17. The van der Waals surface area contributed by atoms with Gasteiger partial charge >= 0.3 is 0 Å². The normalized spacial score (nSPS) is 18.4. The minimum absolute atomic E-state index is 0.00932. The van der Waals surface area contributed by atoms with E-state index < -0.39 is 5.82 Å². The second-order valence-corrected chi connectivity index (χ2v) is 7.80. The zero-order valence-corrected chi connectivity index (χ0v) is 17.2. The second kappa shape index (κ2) is 9.03. The second-order valence-electron chi connectivity index (χ2n) is 7.36. The molecule has 158 valence electrons. The molecule has 1 aliphatic heterocycles. The highest BCUT2D eigenvalue weighted by atomic mass is 35.5. The van der Waals surface area contributed by atoms with Gasteiger partial charge in [-0.15, -0.1) is 0 Å².